The topological polar surface area (TPSA) is 123 Å². The number of aromatic amines is 1. The van der Waals surface area contributed by atoms with E-state index in [1.54, 1.807) is 30.3 Å². The molecule has 1 aliphatic heterocycles. The molecule has 0 unspecified atom stereocenters. The number of piperidine rings is 1. The number of hydrogen-bond donors (Lipinski definition) is 3. The van der Waals surface area contributed by atoms with Crippen molar-refractivity contribution in [3.8, 4) is 28.0 Å². The lowest BCUT2D eigenvalue weighted by Crippen LogP contribution is -2.43. The van der Waals surface area contributed by atoms with Crippen molar-refractivity contribution >= 4 is 28.7 Å². The number of aromatic nitrogens is 2. The normalized spacial score (nSPS) is 14.0. The van der Waals surface area contributed by atoms with Crippen LogP contribution in [0.1, 0.15) is 23.2 Å². The van der Waals surface area contributed by atoms with E-state index < -0.39 is 6.09 Å². The molecule has 190 valence electrons. The lowest BCUT2D eigenvalue weighted by atomic mass is 9.98. The van der Waals surface area contributed by atoms with Gasteiger partial charge in [-0.1, -0.05) is 24.3 Å². The highest BCUT2D eigenvalue weighted by Crippen LogP contribution is 2.36. The Morgan fingerprint density at radius 1 is 1.05 bits per heavy atom. The van der Waals surface area contributed by atoms with Crippen molar-refractivity contribution < 1.29 is 19.1 Å². The molecule has 1 aliphatic rings. The van der Waals surface area contributed by atoms with Gasteiger partial charge in [0.2, 0.25) is 0 Å². The minimum absolute atomic E-state index is 0.0969. The molecule has 3 heterocycles. The summed E-state index contributed by atoms with van der Waals surface area (Å²) in [5.41, 5.74) is 11.1. The van der Waals surface area contributed by atoms with E-state index in [-0.39, 0.29) is 11.9 Å². The van der Waals surface area contributed by atoms with Crippen LogP contribution >= 0.6 is 0 Å². The molecule has 0 saturated carbocycles. The monoisotopic (exact) mass is 499 g/mol. The Labute approximate surface area is 214 Å². The Bertz CT molecular complexity index is 1460. The molecule has 1 fully saturated rings. The number of benzene rings is 2. The third kappa shape index (κ3) is 4.85. The van der Waals surface area contributed by atoms with E-state index in [4.69, 9.17) is 15.2 Å². The molecule has 4 aromatic rings. The fraction of sp³-hybridized carbons (Fsp3) is 0.250. The molecule has 0 bridgehead atoms. The van der Waals surface area contributed by atoms with Crippen molar-refractivity contribution in [1.29, 1.82) is 0 Å². The molecule has 9 heteroatoms. The summed E-state index contributed by atoms with van der Waals surface area (Å²) in [6, 6.07) is 15.3. The quantitative estimate of drug-likeness (QED) is 0.367. The first-order chi connectivity index (χ1) is 18.0. The molecule has 2 aromatic carbocycles. The van der Waals surface area contributed by atoms with Gasteiger partial charge in [-0.05, 0) is 42.7 Å². The first-order valence-electron chi connectivity index (χ1n) is 12.1. The molecule has 37 heavy (non-hydrogen) atoms. The van der Waals surface area contributed by atoms with E-state index in [0.29, 0.717) is 24.3 Å². The van der Waals surface area contributed by atoms with Gasteiger partial charge in [0, 0.05) is 53.6 Å². The van der Waals surface area contributed by atoms with Crippen LogP contribution in [-0.2, 0) is 4.74 Å². The number of carbonyl (C=O) groups excluding carboxylic acids is 2. The van der Waals surface area contributed by atoms with Crippen molar-refractivity contribution in [2.45, 2.75) is 18.9 Å². The highest BCUT2D eigenvalue weighted by Gasteiger charge is 2.25. The molecular weight excluding hydrogens is 470 g/mol. The van der Waals surface area contributed by atoms with Crippen molar-refractivity contribution in [3.05, 3.63) is 66.5 Å². The average molecular weight is 500 g/mol. The van der Waals surface area contributed by atoms with Gasteiger partial charge in [0.1, 0.15) is 11.4 Å². The van der Waals surface area contributed by atoms with E-state index in [9.17, 15) is 9.59 Å². The average Bonchev–Trinajstić information content (AvgIpc) is 3.36. The van der Waals surface area contributed by atoms with E-state index in [1.165, 1.54) is 7.11 Å². The number of likely N-dealkylation sites (tertiary alicyclic amines) is 1. The third-order valence-corrected chi connectivity index (χ3v) is 6.76. The molecule has 0 atom stereocenters. The number of nitrogens with zero attached hydrogens (tertiary/aromatic N) is 2. The van der Waals surface area contributed by atoms with E-state index in [2.05, 4.69) is 15.3 Å². The van der Waals surface area contributed by atoms with Crippen LogP contribution in [0.3, 0.4) is 0 Å². The van der Waals surface area contributed by atoms with Crippen molar-refractivity contribution in [3.63, 3.8) is 0 Å². The highest BCUT2D eigenvalue weighted by atomic mass is 16.5. The molecule has 0 radical (unpaired) electrons. The molecule has 1 saturated heterocycles. The molecule has 0 spiro atoms. The number of ether oxygens (including phenoxy) is 2. The molecule has 0 aliphatic carbocycles. The van der Waals surface area contributed by atoms with Crippen LogP contribution < -0.4 is 15.8 Å². The SMILES string of the molecule is COC(=O)Nc1ccc(-c2cnc3[nH]cc(-c4ccccc4OC)c3c2)cc1C(=O)N1CCC(N)CC1. The number of H-pyrrole nitrogens is 1. The maximum Gasteiger partial charge on any atom is 0.411 e. The Morgan fingerprint density at radius 2 is 1.84 bits per heavy atom. The van der Waals surface area contributed by atoms with Crippen molar-refractivity contribution in [2.24, 2.45) is 5.73 Å². The summed E-state index contributed by atoms with van der Waals surface area (Å²) >= 11 is 0. The zero-order chi connectivity index (χ0) is 25.9. The van der Waals surface area contributed by atoms with E-state index in [0.717, 1.165) is 51.9 Å². The van der Waals surface area contributed by atoms with Crippen LogP contribution in [0.4, 0.5) is 10.5 Å². The summed E-state index contributed by atoms with van der Waals surface area (Å²) in [5.74, 6) is 0.603. The maximum absolute atomic E-state index is 13.5. The summed E-state index contributed by atoms with van der Waals surface area (Å²) in [6.07, 6.45) is 4.52. The van der Waals surface area contributed by atoms with Gasteiger partial charge in [-0.2, -0.15) is 0 Å². The summed E-state index contributed by atoms with van der Waals surface area (Å²) in [5, 5.41) is 3.60. The fourth-order valence-corrected chi connectivity index (χ4v) is 4.69. The van der Waals surface area contributed by atoms with Crippen LogP contribution in [0.2, 0.25) is 0 Å². The molecule has 2 aromatic heterocycles. The molecule has 2 amide bonds. The Kier molecular flexibility index (Phi) is 6.78. The van der Waals surface area contributed by atoms with Crippen molar-refractivity contribution in [2.75, 3.05) is 32.6 Å². The number of amides is 2. The number of para-hydroxylation sites is 1. The van der Waals surface area contributed by atoms with Crippen LogP contribution in [0.25, 0.3) is 33.3 Å². The number of anilines is 1. The lowest BCUT2D eigenvalue weighted by Gasteiger charge is -2.30. The smallest absolute Gasteiger partial charge is 0.411 e. The Morgan fingerprint density at radius 3 is 2.59 bits per heavy atom. The van der Waals surface area contributed by atoms with Crippen LogP contribution in [0.15, 0.2) is 60.9 Å². The summed E-state index contributed by atoms with van der Waals surface area (Å²) in [4.78, 5) is 35.1. The van der Waals surface area contributed by atoms with E-state index in [1.807, 2.05) is 42.6 Å². The third-order valence-electron chi connectivity index (χ3n) is 6.76. The number of fused-ring (bicyclic) bond motifs is 1. The van der Waals surface area contributed by atoms with Crippen molar-refractivity contribution in [1.82, 2.24) is 14.9 Å². The summed E-state index contributed by atoms with van der Waals surface area (Å²) in [7, 11) is 2.93. The van der Waals surface area contributed by atoms with Gasteiger partial charge in [0.25, 0.3) is 5.91 Å². The van der Waals surface area contributed by atoms with Gasteiger partial charge in [-0.3, -0.25) is 10.1 Å². The number of nitrogens with two attached hydrogens (primary N) is 1. The Balaban J connectivity index is 1.56. The van der Waals surface area contributed by atoms with Gasteiger partial charge in [0.05, 0.1) is 25.5 Å². The predicted molar refractivity (Wildman–Crippen MR) is 143 cm³/mol. The lowest BCUT2D eigenvalue weighted by molar-refractivity contribution is 0.0716. The fourth-order valence-electron chi connectivity index (χ4n) is 4.69. The molecule has 4 N–H and O–H groups in total. The van der Waals surface area contributed by atoms with Crippen LogP contribution in [0, 0.1) is 0 Å². The number of hydrogen-bond acceptors (Lipinski definition) is 6. The number of rotatable bonds is 5. The zero-order valence-corrected chi connectivity index (χ0v) is 20.8. The number of methoxy groups -OCH3 is 2. The Hall–Kier alpha value is -4.37. The number of nitrogens with one attached hydrogen (secondary N) is 2. The van der Waals surface area contributed by atoms with Crippen LogP contribution in [-0.4, -0.2) is 60.2 Å². The van der Waals surface area contributed by atoms with Gasteiger partial charge in [-0.15, -0.1) is 0 Å². The van der Waals surface area contributed by atoms with E-state index >= 15 is 0 Å². The number of pyridine rings is 1. The largest absolute Gasteiger partial charge is 0.496 e. The zero-order valence-electron chi connectivity index (χ0n) is 20.8. The second-order valence-electron chi connectivity index (χ2n) is 9.03. The van der Waals surface area contributed by atoms with Gasteiger partial charge >= 0.3 is 6.09 Å². The second kappa shape index (κ2) is 10.3. The molecule has 9 nitrogen and oxygen atoms in total. The van der Waals surface area contributed by atoms with Gasteiger partial charge in [-0.25, -0.2) is 9.78 Å². The van der Waals surface area contributed by atoms with Gasteiger partial charge in [0.15, 0.2) is 0 Å². The molecule has 5 rings (SSSR count). The first-order valence-corrected chi connectivity index (χ1v) is 12.1. The minimum atomic E-state index is -0.640. The predicted octanol–water partition coefficient (Wildman–Crippen LogP) is 4.65. The molecular formula is C28H29N5O4. The number of carbonyl (C=O) groups is 2. The first kappa shape index (κ1) is 24.3. The minimum Gasteiger partial charge on any atom is -0.496 e. The second-order valence-corrected chi connectivity index (χ2v) is 9.03. The highest BCUT2D eigenvalue weighted by molar-refractivity contribution is 6.04. The van der Waals surface area contributed by atoms with Gasteiger partial charge < -0.3 is 25.1 Å². The maximum atomic E-state index is 13.5. The summed E-state index contributed by atoms with van der Waals surface area (Å²) in [6.45, 7) is 1.14. The van der Waals surface area contributed by atoms with Crippen LogP contribution in [0.5, 0.6) is 5.75 Å². The summed E-state index contributed by atoms with van der Waals surface area (Å²) < 4.78 is 10.3. The standard InChI is InChI=1S/C28H29N5O4/c1-36-25-6-4-3-5-20(25)23-16-31-26-21(23)14-18(15-30-26)17-7-8-24(32-28(35)37-2)22(13-17)27(34)33-11-9-19(29)10-12-33/h3-8,13-16,19H,9-12,29H2,1-2H3,(H,30,31)(H,32,35).